The van der Waals surface area contributed by atoms with Crippen molar-refractivity contribution in [2.75, 3.05) is 13.2 Å². The molecule has 0 spiro atoms. The Hall–Kier alpha value is -4.71. The minimum absolute atomic E-state index is 0.137. The molecule has 5 nitrogen and oxygen atoms in total. The Morgan fingerprint density at radius 3 is 1.72 bits per heavy atom. The van der Waals surface area contributed by atoms with Crippen LogP contribution in [0.15, 0.2) is 92.0 Å². The predicted molar refractivity (Wildman–Crippen MR) is 140 cm³/mol. The monoisotopic (exact) mass is 484 g/mol. The van der Waals surface area contributed by atoms with Gasteiger partial charge in [-0.2, -0.15) is 0 Å². The molecule has 0 fully saturated rings. The van der Waals surface area contributed by atoms with Crippen molar-refractivity contribution < 1.29 is 28.2 Å². The highest BCUT2D eigenvalue weighted by atomic mass is 19.1. The lowest BCUT2D eigenvalue weighted by Gasteiger charge is -2.06. The van der Waals surface area contributed by atoms with Crippen LogP contribution in [0.25, 0.3) is 24.3 Å². The van der Waals surface area contributed by atoms with Crippen molar-refractivity contribution in [2.45, 2.75) is 0 Å². The molecular formula is C30H25FO5. The third-order valence-electron chi connectivity index (χ3n) is 4.85. The number of carbonyl (C=O) groups excluding carboxylic acids is 2. The minimum Gasteiger partial charge on any atom is -0.490 e. The first-order valence-electron chi connectivity index (χ1n) is 11.1. The fourth-order valence-electron chi connectivity index (χ4n) is 2.99. The van der Waals surface area contributed by atoms with Crippen LogP contribution in [-0.2, 0) is 14.3 Å². The summed E-state index contributed by atoms with van der Waals surface area (Å²) in [7, 11) is 0. The van der Waals surface area contributed by atoms with E-state index in [0.29, 0.717) is 11.3 Å². The van der Waals surface area contributed by atoms with E-state index in [2.05, 4.69) is 13.2 Å². The van der Waals surface area contributed by atoms with Gasteiger partial charge < -0.3 is 14.2 Å². The Kier molecular flexibility index (Phi) is 9.53. The summed E-state index contributed by atoms with van der Waals surface area (Å²) in [6.07, 6.45) is 9.73. The fourth-order valence-corrected chi connectivity index (χ4v) is 2.99. The van der Waals surface area contributed by atoms with Crippen LogP contribution in [0.5, 0.6) is 11.5 Å². The van der Waals surface area contributed by atoms with Crippen LogP contribution in [0.4, 0.5) is 4.39 Å². The van der Waals surface area contributed by atoms with Crippen LogP contribution in [0, 0.1) is 5.82 Å². The van der Waals surface area contributed by atoms with Crippen molar-refractivity contribution in [1.82, 2.24) is 0 Å². The lowest BCUT2D eigenvalue weighted by Crippen LogP contribution is -2.10. The van der Waals surface area contributed by atoms with Crippen molar-refractivity contribution in [2.24, 2.45) is 0 Å². The molecule has 0 radical (unpaired) electrons. The van der Waals surface area contributed by atoms with E-state index in [1.165, 1.54) is 12.1 Å². The third-order valence-corrected chi connectivity index (χ3v) is 4.85. The molecule has 0 heterocycles. The predicted octanol–water partition coefficient (Wildman–Crippen LogP) is 6.37. The summed E-state index contributed by atoms with van der Waals surface area (Å²) >= 11 is 0. The van der Waals surface area contributed by atoms with Gasteiger partial charge in [-0.25, -0.2) is 14.0 Å². The molecule has 3 rings (SSSR count). The van der Waals surface area contributed by atoms with E-state index in [0.717, 1.165) is 28.8 Å². The number of ether oxygens (including phenoxy) is 3. The molecule has 0 saturated heterocycles. The Balaban J connectivity index is 1.52. The van der Waals surface area contributed by atoms with E-state index in [-0.39, 0.29) is 19.0 Å². The lowest BCUT2D eigenvalue weighted by atomic mass is 10.1. The van der Waals surface area contributed by atoms with Gasteiger partial charge in [-0.1, -0.05) is 79.9 Å². The molecule has 3 aromatic rings. The topological polar surface area (TPSA) is 61.8 Å². The zero-order chi connectivity index (χ0) is 25.8. The van der Waals surface area contributed by atoms with Crippen LogP contribution in [0.1, 0.15) is 22.3 Å². The summed E-state index contributed by atoms with van der Waals surface area (Å²) in [6, 6.07) is 19.8. The molecular weight excluding hydrogens is 459 g/mol. The molecule has 0 amide bonds. The quantitative estimate of drug-likeness (QED) is 0.104. The number of rotatable bonds is 11. The molecule has 36 heavy (non-hydrogen) atoms. The highest BCUT2D eigenvalue weighted by Crippen LogP contribution is 2.20. The number of esters is 2. The molecule has 0 atom stereocenters. The number of benzene rings is 3. The molecule has 0 saturated carbocycles. The van der Waals surface area contributed by atoms with E-state index in [4.69, 9.17) is 14.2 Å². The van der Waals surface area contributed by atoms with Gasteiger partial charge in [0, 0.05) is 12.2 Å². The second-order valence-electron chi connectivity index (χ2n) is 7.44. The van der Waals surface area contributed by atoms with Crippen LogP contribution in [-0.4, -0.2) is 25.2 Å². The van der Waals surface area contributed by atoms with Gasteiger partial charge in [-0.05, 0) is 46.5 Å². The molecule has 0 unspecified atom stereocenters. The summed E-state index contributed by atoms with van der Waals surface area (Å²) in [5, 5.41) is 0. The van der Waals surface area contributed by atoms with E-state index in [9.17, 15) is 14.0 Å². The largest absolute Gasteiger partial charge is 0.490 e. The second kappa shape index (κ2) is 13.2. The SMILES string of the molecule is C=CC(=O)OCCOc1ccc(/C=C/c2ccc(/C=C/c3ccc(OC(=O)C=C)c(F)c3)cc2)cc1. The lowest BCUT2D eigenvalue weighted by molar-refractivity contribution is -0.138. The summed E-state index contributed by atoms with van der Waals surface area (Å²) in [5.74, 6) is -1.26. The van der Waals surface area contributed by atoms with E-state index >= 15 is 0 Å². The molecule has 0 aromatic heterocycles. The van der Waals surface area contributed by atoms with E-state index < -0.39 is 17.8 Å². The van der Waals surface area contributed by atoms with Crippen LogP contribution in [0.3, 0.4) is 0 Å². The Morgan fingerprint density at radius 2 is 1.19 bits per heavy atom. The standard InChI is InChI=1S/C30H25FO5/c1-3-29(32)35-20-19-34-26-16-13-24(14-17-26)10-9-22-5-7-23(8-6-22)11-12-25-15-18-28(27(31)21-25)36-30(33)4-2/h3-18,21H,1-2,19-20H2/b10-9+,12-11+. The third kappa shape index (κ3) is 8.25. The van der Waals surface area contributed by atoms with Gasteiger partial charge in [0.25, 0.3) is 0 Å². The number of hydrogen-bond donors (Lipinski definition) is 0. The van der Waals surface area contributed by atoms with Crippen molar-refractivity contribution in [3.05, 3.63) is 120 Å². The molecule has 0 aliphatic heterocycles. The first-order valence-corrected chi connectivity index (χ1v) is 11.1. The molecule has 6 heteroatoms. The Bertz CT molecular complexity index is 1270. The normalized spacial score (nSPS) is 10.8. The Morgan fingerprint density at radius 1 is 0.694 bits per heavy atom. The summed E-state index contributed by atoms with van der Waals surface area (Å²) in [5.41, 5.74) is 3.62. The van der Waals surface area contributed by atoms with Gasteiger partial charge in [0.05, 0.1) is 0 Å². The van der Waals surface area contributed by atoms with Crippen LogP contribution >= 0.6 is 0 Å². The van der Waals surface area contributed by atoms with Crippen molar-refractivity contribution in [3.8, 4) is 11.5 Å². The zero-order valence-corrected chi connectivity index (χ0v) is 19.6. The highest BCUT2D eigenvalue weighted by Gasteiger charge is 2.07. The zero-order valence-electron chi connectivity index (χ0n) is 19.6. The average molecular weight is 485 g/mol. The van der Waals surface area contributed by atoms with Gasteiger partial charge in [0.15, 0.2) is 11.6 Å². The number of halogens is 1. The summed E-state index contributed by atoms with van der Waals surface area (Å²) in [4.78, 5) is 22.2. The van der Waals surface area contributed by atoms with Crippen LogP contribution < -0.4 is 9.47 Å². The molecule has 0 bridgehead atoms. The fraction of sp³-hybridized carbons (Fsp3) is 0.0667. The number of hydrogen-bond acceptors (Lipinski definition) is 5. The Labute approximate surface area is 209 Å². The van der Waals surface area contributed by atoms with Gasteiger partial charge in [-0.15, -0.1) is 0 Å². The smallest absolute Gasteiger partial charge is 0.335 e. The van der Waals surface area contributed by atoms with Crippen LogP contribution in [0.2, 0.25) is 0 Å². The van der Waals surface area contributed by atoms with Gasteiger partial charge in [0.2, 0.25) is 0 Å². The van der Waals surface area contributed by atoms with E-state index in [1.54, 1.807) is 12.1 Å². The molecule has 0 N–H and O–H groups in total. The molecule has 3 aromatic carbocycles. The molecule has 0 aliphatic rings. The summed E-state index contributed by atoms with van der Waals surface area (Å²) < 4.78 is 29.3. The van der Waals surface area contributed by atoms with E-state index in [1.807, 2.05) is 66.8 Å². The minimum atomic E-state index is -0.710. The molecule has 0 aliphatic carbocycles. The maximum Gasteiger partial charge on any atom is 0.335 e. The average Bonchev–Trinajstić information content (AvgIpc) is 2.91. The van der Waals surface area contributed by atoms with Gasteiger partial charge in [0.1, 0.15) is 19.0 Å². The maximum absolute atomic E-state index is 14.1. The van der Waals surface area contributed by atoms with Crippen molar-refractivity contribution in [1.29, 1.82) is 0 Å². The summed E-state index contributed by atoms with van der Waals surface area (Å²) in [6.45, 7) is 7.05. The van der Waals surface area contributed by atoms with Crippen molar-refractivity contribution >= 4 is 36.2 Å². The molecule has 182 valence electrons. The van der Waals surface area contributed by atoms with Crippen molar-refractivity contribution in [3.63, 3.8) is 0 Å². The first-order chi connectivity index (χ1) is 17.5. The second-order valence-corrected chi connectivity index (χ2v) is 7.44. The first kappa shape index (κ1) is 25.9. The van der Waals surface area contributed by atoms with Gasteiger partial charge >= 0.3 is 11.9 Å². The maximum atomic E-state index is 14.1. The highest BCUT2D eigenvalue weighted by molar-refractivity contribution is 5.83. The van der Waals surface area contributed by atoms with Gasteiger partial charge in [-0.3, -0.25) is 0 Å². The number of carbonyl (C=O) groups is 2.